The van der Waals surface area contributed by atoms with E-state index in [2.05, 4.69) is 17.2 Å². The van der Waals surface area contributed by atoms with Crippen molar-refractivity contribution in [1.82, 2.24) is 15.5 Å². The van der Waals surface area contributed by atoms with E-state index in [0.717, 1.165) is 25.7 Å². The lowest BCUT2D eigenvalue weighted by atomic mass is 10.0. The Morgan fingerprint density at radius 2 is 1.94 bits per heavy atom. The molecule has 1 atom stereocenters. The Balaban J connectivity index is 1.81. The summed E-state index contributed by atoms with van der Waals surface area (Å²) in [5.41, 5.74) is 0.668. The number of hydrogen-bond donors (Lipinski definition) is 2. The molecule has 8 heteroatoms. The summed E-state index contributed by atoms with van der Waals surface area (Å²) < 4.78 is 5.23. The number of amides is 3. The van der Waals surface area contributed by atoms with E-state index in [9.17, 15) is 14.4 Å². The molecule has 1 fully saturated rings. The minimum Gasteiger partial charge on any atom is -0.497 e. The van der Waals surface area contributed by atoms with Gasteiger partial charge < -0.3 is 20.3 Å². The lowest BCUT2D eigenvalue weighted by Gasteiger charge is -2.31. The zero-order valence-corrected chi connectivity index (χ0v) is 19.0. The number of hydrogen-bond acceptors (Lipinski definition) is 5. The van der Waals surface area contributed by atoms with Gasteiger partial charge >= 0.3 is 0 Å². The lowest BCUT2D eigenvalue weighted by Crippen LogP contribution is -2.48. The van der Waals surface area contributed by atoms with Crippen LogP contribution in [0.1, 0.15) is 47.0 Å². The first-order valence-electron chi connectivity index (χ1n) is 10.7. The largest absolute Gasteiger partial charge is 0.497 e. The Morgan fingerprint density at radius 1 is 1.22 bits per heavy atom. The van der Waals surface area contributed by atoms with Gasteiger partial charge in [-0.15, -0.1) is 17.9 Å². The second kappa shape index (κ2) is 11.5. The van der Waals surface area contributed by atoms with Gasteiger partial charge in [-0.05, 0) is 42.0 Å². The number of carbonyl (C=O) groups excluding carboxylic acids is 3. The third-order valence-electron chi connectivity index (χ3n) is 5.48. The maximum Gasteiger partial charge on any atom is 0.261 e. The van der Waals surface area contributed by atoms with E-state index in [4.69, 9.17) is 4.74 Å². The molecule has 170 valence electrons. The van der Waals surface area contributed by atoms with Crippen LogP contribution in [0.5, 0.6) is 5.75 Å². The summed E-state index contributed by atoms with van der Waals surface area (Å²) in [6.07, 6.45) is 5.63. The van der Waals surface area contributed by atoms with Crippen LogP contribution < -0.4 is 15.4 Å². The maximum absolute atomic E-state index is 13.3. The molecule has 2 aromatic rings. The molecule has 3 amide bonds. The quantitative estimate of drug-likeness (QED) is 0.538. The monoisotopic (exact) mass is 455 g/mol. The molecule has 0 saturated heterocycles. The molecule has 0 bridgehead atoms. The number of benzene rings is 1. The second-order valence-corrected chi connectivity index (χ2v) is 8.61. The van der Waals surface area contributed by atoms with Crippen LogP contribution in [0.25, 0.3) is 0 Å². The topological polar surface area (TPSA) is 87.7 Å². The maximum atomic E-state index is 13.3. The summed E-state index contributed by atoms with van der Waals surface area (Å²) in [5, 5.41) is 7.56. The number of methoxy groups -OCH3 is 1. The van der Waals surface area contributed by atoms with Crippen LogP contribution in [-0.2, 0) is 9.59 Å². The first-order valence-corrected chi connectivity index (χ1v) is 11.6. The predicted molar refractivity (Wildman–Crippen MR) is 125 cm³/mol. The van der Waals surface area contributed by atoms with Crippen LogP contribution >= 0.6 is 11.3 Å². The molecule has 1 aliphatic carbocycles. The molecule has 3 rings (SSSR count). The van der Waals surface area contributed by atoms with Gasteiger partial charge in [-0.3, -0.25) is 14.4 Å². The molecule has 0 unspecified atom stereocenters. The average molecular weight is 456 g/mol. The fraction of sp³-hybridized carbons (Fsp3) is 0.375. The third-order valence-corrected chi connectivity index (χ3v) is 6.35. The summed E-state index contributed by atoms with van der Waals surface area (Å²) >= 11 is 1.30. The molecule has 7 nitrogen and oxygen atoms in total. The highest BCUT2D eigenvalue weighted by Gasteiger charge is 2.32. The Hall–Kier alpha value is -3.13. The van der Waals surface area contributed by atoms with Crippen LogP contribution in [0.4, 0.5) is 0 Å². The number of carbonyl (C=O) groups is 3. The highest BCUT2D eigenvalue weighted by molar-refractivity contribution is 7.12. The van der Waals surface area contributed by atoms with Gasteiger partial charge in [0.05, 0.1) is 18.5 Å². The molecular weight excluding hydrogens is 426 g/mol. The molecule has 0 spiro atoms. The average Bonchev–Trinajstić information content (AvgIpc) is 3.52. The van der Waals surface area contributed by atoms with Crippen molar-refractivity contribution in [2.45, 2.75) is 37.8 Å². The van der Waals surface area contributed by atoms with E-state index in [1.165, 1.54) is 16.2 Å². The first-order chi connectivity index (χ1) is 15.5. The summed E-state index contributed by atoms with van der Waals surface area (Å²) in [6.45, 7) is 3.71. The molecular formula is C24H29N3O4S. The second-order valence-electron chi connectivity index (χ2n) is 7.66. The minimum absolute atomic E-state index is 0.113. The van der Waals surface area contributed by atoms with Crippen LogP contribution in [-0.4, -0.2) is 48.9 Å². The Kier molecular flexibility index (Phi) is 8.44. The fourth-order valence-electron chi connectivity index (χ4n) is 3.85. The Labute approximate surface area is 192 Å². The standard InChI is InChI=1S/C24H29N3O4S/c1-3-14-27(21(28)16-25-23(29)20-9-6-15-32-20)22(17-10-12-19(31-2)13-11-17)24(30)26-18-7-4-5-8-18/h3,6,9-13,15,18,22H,1,4-5,7-8,14,16H2,2H3,(H,25,29)(H,26,30)/t22-/m1/s1. The number of rotatable bonds is 10. The van der Waals surface area contributed by atoms with Gasteiger partial charge in [-0.1, -0.05) is 37.1 Å². The number of ether oxygens (including phenoxy) is 1. The van der Waals surface area contributed by atoms with Crippen molar-refractivity contribution in [2.24, 2.45) is 0 Å². The van der Waals surface area contributed by atoms with Crippen LogP contribution in [0, 0.1) is 0 Å². The molecule has 0 aliphatic heterocycles. The fourth-order valence-corrected chi connectivity index (χ4v) is 4.49. The molecule has 1 saturated carbocycles. The van der Waals surface area contributed by atoms with Crippen molar-refractivity contribution >= 4 is 29.1 Å². The molecule has 2 N–H and O–H groups in total. The van der Waals surface area contributed by atoms with E-state index in [1.807, 2.05) is 0 Å². The van der Waals surface area contributed by atoms with Crippen molar-refractivity contribution in [3.63, 3.8) is 0 Å². The molecule has 0 radical (unpaired) electrons. The molecule has 1 aromatic carbocycles. The Bertz CT molecular complexity index is 921. The van der Waals surface area contributed by atoms with Crippen LogP contribution in [0.3, 0.4) is 0 Å². The SMILES string of the molecule is C=CCN(C(=O)CNC(=O)c1cccs1)[C@@H](C(=O)NC1CCCC1)c1ccc(OC)cc1. The first kappa shape index (κ1) is 23.5. The van der Waals surface area contributed by atoms with Gasteiger partial charge in [-0.25, -0.2) is 0 Å². The smallest absolute Gasteiger partial charge is 0.261 e. The zero-order valence-electron chi connectivity index (χ0n) is 18.2. The summed E-state index contributed by atoms with van der Waals surface area (Å²) in [4.78, 5) is 40.8. The summed E-state index contributed by atoms with van der Waals surface area (Å²) in [7, 11) is 1.57. The van der Waals surface area contributed by atoms with Crippen molar-refractivity contribution in [1.29, 1.82) is 0 Å². The van der Waals surface area contributed by atoms with Gasteiger partial charge in [0.15, 0.2) is 0 Å². The number of thiophene rings is 1. The lowest BCUT2D eigenvalue weighted by molar-refractivity contribution is -0.139. The minimum atomic E-state index is -0.842. The number of nitrogens with one attached hydrogen (secondary N) is 2. The van der Waals surface area contributed by atoms with Gasteiger partial charge in [0, 0.05) is 12.6 Å². The molecule has 32 heavy (non-hydrogen) atoms. The van der Waals surface area contributed by atoms with E-state index in [0.29, 0.717) is 16.2 Å². The van der Waals surface area contributed by atoms with Gasteiger partial charge in [-0.2, -0.15) is 0 Å². The third kappa shape index (κ3) is 5.97. The molecule has 1 aliphatic rings. The van der Waals surface area contributed by atoms with Gasteiger partial charge in [0.2, 0.25) is 11.8 Å². The van der Waals surface area contributed by atoms with Gasteiger partial charge in [0.25, 0.3) is 5.91 Å². The van der Waals surface area contributed by atoms with Crippen molar-refractivity contribution in [2.75, 3.05) is 20.2 Å². The van der Waals surface area contributed by atoms with E-state index < -0.39 is 6.04 Å². The molecule has 1 aromatic heterocycles. The van der Waals surface area contributed by atoms with Crippen molar-refractivity contribution < 1.29 is 19.1 Å². The van der Waals surface area contributed by atoms with E-state index >= 15 is 0 Å². The van der Waals surface area contributed by atoms with Crippen molar-refractivity contribution in [3.8, 4) is 5.75 Å². The van der Waals surface area contributed by atoms with Gasteiger partial charge in [0.1, 0.15) is 11.8 Å². The summed E-state index contributed by atoms with van der Waals surface area (Å²) in [6, 6.07) is 9.84. The van der Waals surface area contributed by atoms with Crippen LogP contribution in [0.15, 0.2) is 54.4 Å². The number of nitrogens with zero attached hydrogens (tertiary/aromatic N) is 1. The predicted octanol–water partition coefficient (Wildman–Crippen LogP) is 3.30. The van der Waals surface area contributed by atoms with E-state index in [1.54, 1.807) is 55.0 Å². The van der Waals surface area contributed by atoms with Crippen molar-refractivity contribution in [3.05, 3.63) is 64.9 Å². The van der Waals surface area contributed by atoms with Crippen LogP contribution in [0.2, 0.25) is 0 Å². The normalized spacial score (nSPS) is 14.4. The van der Waals surface area contributed by atoms with E-state index in [-0.39, 0.29) is 36.9 Å². The summed E-state index contributed by atoms with van der Waals surface area (Å²) in [5.74, 6) is -0.254. The Morgan fingerprint density at radius 3 is 2.53 bits per heavy atom. The zero-order chi connectivity index (χ0) is 22.9. The highest BCUT2D eigenvalue weighted by atomic mass is 32.1. The highest BCUT2D eigenvalue weighted by Crippen LogP contribution is 2.26. The molecule has 1 heterocycles.